The number of halogens is 1. The van der Waals surface area contributed by atoms with Crippen LogP contribution in [0.2, 0.25) is 5.02 Å². The number of hydrogen-bond donors (Lipinski definition) is 3. The summed E-state index contributed by atoms with van der Waals surface area (Å²) >= 11 is 5.97. The van der Waals surface area contributed by atoms with Crippen molar-refractivity contribution in [2.24, 2.45) is 5.92 Å². The van der Waals surface area contributed by atoms with Gasteiger partial charge in [0.05, 0.1) is 10.6 Å². The van der Waals surface area contributed by atoms with Crippen LogP contribution in [0.4, 0.5) is 10.5 Å². The topological polar surface area (TPSA) is 87.3 Å². The van der Waals surface area contributed by atoms with Gasteiger partial charge in [-0.2, -0.15) is 0 Å². The Bertz CT molecular complexity index is 1060. The highest BCUT2D eigenvalue weighted by Crippen LogP contribution is 2.26. The number of urea groups is 1. The van der Waals surface area contributed by atoms with Crippen LogP contribution in [0.25, 0.3) is 0 Å². The van der Waals surface area contributed by atoms with E-state index >= 15 is 0 Å². The summed E-state index contributed by atoms with van der Waals surface area (Å²) in [5.41, 5.74) is 2.48. The second kappa shape index (κ2) is 10.8. The third kappa shape index (κ3) is 6.08. The van der Waals surface area contributed by atoms with Crippen LogP contribution < -0.4 is 16.0 Å². The van der Waals surface area contributed by atoms with E-state index in [1.54, 1.807) is 42.5 Å². The van der Waals surface area contributed by atoms with Gasteiger partial charge in [0.25, 0.3) is 11.8 Å². The largest absolute Gasteiger partial charge is 0.346 e. The zero-order chi connectivity index (χ0) is 23.1. The Hall–Kier alpha value is -3.38. The first kappa shape index (κ1) is 23.3. The number of anilines is 1. The van der Waals surface area contributed by atoms with Crippen molar-refractivity contribution < 1.29 is 14.4 Å². The fourth-order valence-electron chi connectivity index (χ4n) is 3.54. The maximum absolute atomic E-state index is 12.6. The molecule has 6 nitrogen and oxygen atoms in total. The van der Waals surface area contributed by atoms with Crippen molar-refractivity contribution in [2.75, 3.05) is 5.32 Å². The molecule has 0 fully saturated rings. The fourth-order valence-corrected chi connectivity index (χ4v) is 3.76. The lowest BCUT2D eigenvalue weighted by molar-refractivity contribution is 0.0937. The van der Waals surface area contributed by atoms with Crippen molar-refractivity contribution in [3.63, 3.8) is 0 Å². The monoisotopic (exact) mass is 451 g/mol. The van der Waals surface area contributed by atoms with Gasteiger partial charge in [0.1, 0.15) is 0 Å². The van der Waals surface area contributed by atoms with E-state index in [1.807, 2.05) is 13.0 Å². The fraction of sp³-hybridized carbons (Fsp3) is 0.240. The van der Waals surface area contributed by atoms with Gasteiger partial charge < -0.3 is 10.6 Å². The summed E-state index contributed by atoms with van der Waals surface area (Å²) in [5, 5.41) is 8.10. The number of imide groups is 1. The van der Waals surface area contributed by atoms with Crippen LogP contribution >= 0.6 is 11.6 Å². The van der Waals surface area contributed by atoms with Crippen LogP contribution in [-0.2, 0) is 0 Å². The molecule has 2 aromatic rings. The predicted molar refractivity (Wildman–Crippen MR) is 127 cm³/mol. The highest BCUT2D eigenvalue weighted by molar-refractivity contribution is 6.34. The molecule has 1 aliphatic rings. The van der Waals surface area contributed by atoms with Crippen LogP contribution in [0.15, 0.2) is 72.3 Å². The van der Waals surface area contributed by atoms with Gasteiger partial charge in [-0.1, -0.05) is 47.5 Å². The van der Waals surface area contributed by atoms with E-state index in [9.17, 15) is 14.4 Å². The third-order valence-electron chi connectivity index (χ3n) is 5.49. The van der Waals surface area contributed by atoms with E-state index in [0.717, 1.165) is 12.8 Å². The van der Waals surface area contributed by atoms with Crippen LogP contribution in [0.3, 0.4) is 0 Å². The molecule has 0 heterocycles. The highest BCUT2D eigenvalue weighted by atomic mass is 35.5. The lowest BCUT2D eigenvalue weighted by atomic mass is 9.85. The van der Waals surface area contributed by atoms with Crippen molar-refractivity contribution in [3.8, 4) is 0 Å². The first-order chi connectivity index (χ1) is 15.4. The maximum Gasteiger partial charge on any atom is 0.326 e. The SMILES string of the molecule is C/C=C(\C)C1CC=CC(NC(=O)c2ccc(NC(=O)NC(=O)c3ccccc3Cl)cc2)C1. The van der Waals surface area contributed by atoms with Gasteiger partial charge in [0, 0.05) is 17.3 Å². The number of hydrogen-bond acceptors (Lipinski definition) is 3. The van der Waals surface area contributed by atoms with E-state index in [1.165, 1.54) is 11.6 Å². The standard InChI is InChI=1S/C25H26ClN3O3/c1-3-16(2)18-7-6-8-20(15-18)27-23(30)17-11-13-19(14-12-17)28-25(32)29-24(31)21-9-4-5-10-22(21)26/h3-6,8-14,18,20H,7,15H2,1-2H3,(H,27,30)(H2,28,29,31,32)/b16-3+. The summed E-state index contributed by atoms with van der Waals surface area (Å²) in [6, 6.07) is 12.2. The van der Waals surface area contributed by atoms with Gasteiger partial charge in [0.15, 0.2) is 0 Å². The number of carbonyl (C=O) groups excluding carboxylic acids is 3. The van der Waals surface area contributed by atoms with Crippen LogP contribution in [-0.4, -0.2) is 23.9 Å². The van der Waals surface area contributed by atoms with Crippen molar-refractivity contribution in [2.45, 2.75) is 32.7 Å². The summed E-state index contributed by atoms with van der Waals surface area (Å²) in [6.07, 6.45) is 8.13. The zero-order valence-corrected chi connectivity index (χ0v) is 18.8. The van der Waals surface area contributed by atoms with Crippen LogP contribution in [0.1, 0.15) is 47.4 Å². The van der Waals surface area contributed by atoms with Crippen LogP contribution in [0, 0.1) is 5.92 Å². The molecule has 0 radical (unpaired) electrons. The molecule has 0 spiro atoms. The molecule has 2 aromatic carbocycles. The van der Waals surface area contributed by atoms with Gasteiger partial charge >= 0.3 is 6.03 Å². The van der Waals surface area contributed by atoms with Gasteiger partial charge in [-0.05, 0) is 69.0 Å². The predicted octanol–water partition coefficient (Wildman–Crippen LogP) is 5.33. The van der Waals surface area contributed by atoms with Gasteiger partial charge in [0.2, 0.25) is 0 Å². The van der Waals surface area contributed by atoms with Gasteiger partial charge in [-0.25, -0.2) is 4.79 Å². The molecule has 1 aliphatic carbocycles. The number of carbonyl (C=O) groups is 3. The zero-order valence-electron chi connectivity index (χ0n) is 18.0. The van der Waals surface area contributed by atoms with Crippen molar-refractivity contribution in [3.05, 3.63) is 88.5 Å². The van der Waals surface area contributed by atoms with Gasteiger partial charge in [-0.15, -0.1) is 0 Å². The minimum atomic E-state index is -0.690. The minimum Gasteiger partial charge on any atom is -0.346 e. The van der Waals surface area contributed by atoms with Crippen molar-refractivity contribution >= 4 is 35.1 Å². The first-order valence-corrected chi connectivity index (χ1v) is 10.8. The Balaban J connectivity index is 1.54. The molecular weight excluding hydrogens is 426 g/mol. The molecule has 0 saturated heterocycles. The van der Waals surface area contributed by atoms with E-state index in [-0.39, 0.29) is 22.5 Å². The third-order valence-corrected chi connectivity index (χ3v) is 5.82. The smallest absolute Gasteiger partial charge is 0.326 e. The maximum atomic E-state index is 12.6. The summed E-state index contributed by atoms with van der Waals surface area (Å²) in [6.45, 7) is 4.15. The molecule has 7 heteroatoms. The summed E-state index contributed by atoms with van der Waals surface area (Å²) in [5.74, 6) is -0.340. The number of amides is 4. The summed E-state index contributed by atoms with van der Waals surface area (Å²) < 4.78 is 0. The molecule has 3 N–H and O–H groups in total. The number of rotatable bonds is 5. The molecule has 2 unspecified atom stereocenters. The Labute approximate surface area is 192 Å². The highest BCUT2D eigenvalue weighted by Gasteiger charge is 2.21. The lowest BCUT2D eigenvalue weighted by Gasteiger charge is -2.26. The number of benzene rings is 2. The molecule has 32 heavy (non-hydrogen) atoms. The molecule has 166 valence electrons. The lowest BCUT2D eigenvalue weighted by Crippen LogP contribution is -2.36. The first-order valence-electron chi connectivity index (χ1n) is 10.4. The second-order valence-electron chi connectivity index (χ2n) is 7.67. The van der Waals surface area contributed by atoms with Crippen molar-refractivity contribution in [1.29, 1.82) is 0 Å². The molecule has 4 amide bonds. The number of nitrogens with one attached hydrogen (secondary N) is 3. The second-order valence-corrected chi connectivity index (χ2v) is 8.08. The molecule has 0 aromatic heterocycles. The van der Waals surface area contributed by atoms with Gasteiger partial charge in [-0.3, -0.25) is 14.9 Å². The molecule has 0 bridgehead atoms. The number of allylic oxidation sites excluding steroid dienone is 3. The van der Waals surface area contributed by atoms with Crippen molar-refractivity contribution in [1.82, 2.24) is 10.6 Å². The molecule has 0 aliphatic heterocycles. The van der Waals surface area contributed by atoms with Crippen LogP contribution in [0.5, 0.6) is 0 Å². The Morgan fingerprint density at radius 2 is 1.75 bits per heavy atom. The van der Waals surface area contributed by atoms with E-state index in [4.69, 9.17) is 11.6 Å². The molecule has 2 atom stereocenters. The Morgan fingerprint density at radius 3 is 2.44 bits per heavy atom. The average Bonchev–Trinajstić information content (AvgIpc) is 2.79. The summed E-state index contributed by atoms with van der Waals surface area (Å²) in [4.78, 5) is 36.9. The average molecular weight is 452 g/mol. The molecule has 3 rings (SSSR count). The van der Waals surface area contributed by atoms with E-state index < -0.39 is 11.9 Å². The molecule has 0 saturated carbocycles. The Kier molecular flexibility index (Phi) is 7.84. The quantitative estimate of drug-likeness (QED) is 0.536. The van der Waals surface area contributed by atoms with E-state index in [0.29, 0.717) is 17.2 Å². The minimum absolute atomic E-state index is 0.0180. The summed E-state index contributed by atoms with van der Waals surface area (Å²) in [7, 11) is 0. The Morgan fingerprint density at radius 1 is 1.03 bits per heavy atom. The van der Waals surface area contributed by atoms with E-state index in [2.05, 4.69) is 35.0 Å². The molecular formula is C25H26ClN3O3. The normalized spacial score (nSPS) is 18.0.